The number of ether oxygens (including phenoxy) is 1. The molecule has 2 aromatic rings. The number of aromatic nitrogens is 1. The minimum Gasteiger partial charge on any atom is -0.465 e. The van der Waals surface area contributed by atoms with Gasteiger partial charge in [0.2, 0.25) is 0 Å². The summed E-state index contributed by atoms with van der Waals surface area (Å²) in [7, 11) is 0. The van der Waals surface area contributed by atoms with Crippen molar-refractivity contribution in [1.29, 1.82) is 0 Å². The van der Waals surface area contributed by atoms with Gasteiger partial charge < -0.3 is 4.74 Å². The molecule has 0 bridgehead atoms. The molecule has 2 rings (SSSR count). The summed E-state index contributed by atoms with van der Waals surface area (Å²) in [4.78, 5) is 16.1. The zero-order valence-electron chi connectivity index (χ0n) is 13.5. The summed E-state index contributed by atoms with van der Waals surface area (Å²) in [5.74, 6) is -0.154. The van der Waals surface area contributed by atoms with Gasteiger partial charge >= 0.3 is 5.97 Å². The molecule has 3 heteroatoms. The number of rotatable bonds is 5. The Labute approximate surface area is 132 Å². The Kier molecular flexibility index (Phi) is 5.31. The smallest absolute Gasteiger partial charge is 0.311 e. The van der Waals surface area contributed by atoms with Crippen LogP contribution in [0, 0.1) is 5.41 Å². The van der Waals surface area contributed by atoms with Crippen molar-refractivity contribution in [1.82, 2.24) is 4.98 Å². The summed E-state index contributed by atoms with van der Waals surface area (Å²) >= 11 is 0. The van der Waals surface area contributed by atoms with Crippen LogP contribution in [0.4, 0.5) is 0 Å². The highest BCUT2D eigenvalue weighted by Gasteiger charge is 2.22. The lowest BCUT2D eigenvalue weighted by Gasteiger charge is -2.16. The first-order chi connectivity index (χ1) is 10.5. The van der Waals surface area contributed by atoms with Crippen LogP contribution >= 0.6 is 0 Å². The summed E-state index contributed by atoms with van der Waals surface area (Å²) in [5.41, 5.74) is 2.93. The molecule has 3 nitrogen and oxygen atoms in total. The van der Waals surface area contributed by atoms with Crippen molar-refractivity contribution in [2.75, 3.05) is 6.61 Å². The van der Waals surface area contributed by atoms with E-state index in [1.165, 1.54) is 5.56 Å². The second-order valence-electron chi connectivity index (χ2n) is 6.39. The molecule has 22 heavy (non-hydrogen) atoms. The molecule has 0 spiro atoms. The Bertz CT molecular complexity index is 615. The minimum absolute atomic E-state index is 0.154. The number of hydrogen-bond acceptors (Lipinski definition) is 3. The molecule has 1 heterocycles. The highest BCUT2D eigenvalue weighted by molar-refractivity contribution is 5.75. The average molecular weight is 297 g/mol. The van der Waals surface area contributed by atoms with Gasteiger partial charge in [0.05, 0.1) is 12.0 Å². The quantitative estimate of drug-likeness (QED) is 0.611. The van der Waals surface area contributed by atoms with E-state index in [1.807, 2.05) is 51.2 Å². The Morgan fingerprint density at radius 3 is 2.50 bits per heavy atom. The third-order valence-corrected chi connectivity index (χ3v) is 3.35. The number of nitrogens with zero attached hydrogens (tertiary/aromatic N) is 1. The van der Waals surface area contributed by atoms with Gasteiger partial charge in [0.25, 0.3) is 0 Å². The molecule has 0 fully saturated rings. The zero-order valence-corrected chi connectivity index (χ0v) is 13.5. The summed E-state index contributed by atoms with van der Waals surface area (Å²) in [6, 6.07) is 14.4. The summed E-state index contributed by atoms with van der Waals surface area (Å²) in [5, 5.41) is 0. The number of benzene rings is 1. The minimum atomic E-state index is -0.439. The maximum atomic E-state index is 11.7. The lowest BCUT2D eigenvalue weighted by molar-refractivity contribution is -0.153. The van der Waals surface area contributed by atoms with Gasteiger partial charge in [-0.3, -0.25) is 9.78 Å². The first-order valence-corrected chi connectivity index (χ1v) is 7.64. The lowest BCUT2D eigenvalue weighted by Crippen LogP contribution is -2.23. The molecule has 1 aromatic heterocycles. The van der Waals surface area contributed by atoms with E-state index >= 15 is 0 Å². The molecule has 0 radical (unpaired) electrons. The topological polar surface area (TPSA) is 39.2 Å². The Balaban J connectivity index is 1.88. The number of pyridine rings is 1. The van der Waals surface area contributed by atoms with Gasteiger partial charge in [0, 0.05) is 11.9 Å². The van der Waals surface area contributed by atoms with Crippen molar-refractivity contribution in [2.24, 2.45) is 5.41 Å². The maximum absolute atomic E-state index is 11.7. The molecule has 0 saturated carbocycles. The summed E-state index contributed by atoms with van der Waals surface area (Å²) in [6.07, 6.45) is 3.42. The van der Waals surface area contributed by atoms with Gasteiger partial charge in [-0.05, 0) is 56.9 Å². The van der Waals surface area contributed by atoms with Crippen LogP contribution in [0.5, 0.6) is 0 Å². The molecule has 0 aliphatic heterocycles. The Hall–Kier alpha value is -2.16. The van der Waals surface area contributed by atoms with Gasteiger partial charge in [0.15, 0.2) is 0 Å². The molecule has 0 N–H and O–H groups in total. The molecular formula is C19H23NO2. The van der Waals surface area contributed by atoms with Crippen LogP contribution in [0.2, 0.25) is 0 Å². The van der Waals surface area contributed by atoms with Gasteiger partial charge in [-0.1, -0.05) is 30.3 Å². The van der Waals surface area contributed by atoms with Crippen molar-refractivity contribution >= 4 is 5.97 Å². The largest absolute Gasteiger partial charge is 0.465 e. The van der Waals surface area contributed by atoms with Crippen molar-refractivity contribution in [3.05, 3.63) is 54.4 Å². The van der Waals surface area contributed by atoms with E-state index in [0.29, 0.717) is 6.61 Å². The molecule has 1 aromatic carbocycles. The average Bonchev–Trinajstić information content (AvgIpc) is 2.51. The summed E-state index contributed by atoms with van der Waals surface area (Å²) < 4.78 is 5.28. The van der Waals surface area contributed by atoms with Crippen molar-refractivity contribution in [3.63, 3.8) is 0 Å². The molecule has 0 aliphatic rings. The van der Waals surface area contributed by atoms with E-state index in [1.54, 1.807) is 0 Å². The summed E-state index contributed by atoms with van der Waals surface area (Å²) in [6.45, 7) is 6.02. The van der Waals surface area contributed by atoms with E-state index in [0.717, 1.165) is 24.1 Å². The van der Waals surface area contributed by atoms with Crippen molar-refractivity contribution in [3.8, 4) is 11.1 Å². The fourth-order valence-corrected chi connectivity index (χ4v) is 2.06. The molecule has 0 aliphatic carbocycles. The molecule has 0 atom stereocenters. The Morgan fingerprint density at radius 2 is 1.82 bits per heavy atom. The maximum Gasteiger partial charge on any atom is 0.311 e. The second-order valence-corrected chi connectivity index (χ2v) is 6.39. The van der Waals surface area contributed by atoms with E-state index in [9.17, 15) is 4.79 Å². The standard InChI is InChI=1S/C19H23NO2/c1-19(2,3)18(21)22-13-7-10-17-14-16(11-12-20-17)15-8-5-4-6-9-15/h4-6,8-9,11-12,14H,7,10,13H2,1-3H3. The lowest BCUT2D eigenvalue weighted by atomic mass is 9.97. The van der Waals surface area contributed by atoms with Crippen LogP contribution in [-0.2, 0) is 16.0 Å². The number of aryl methyl sites for hydroxylation is 1. The van der Waals surface area contributed by atoms with Crippen LogP contribution < -0.4 is 0 Å². The molecule has 0 saturated heterocycles. The van der Waals surface area contributed by atoms with Gasteiger partial charge in [-0.2, -0.15) is 0 Å². The molecular weight excluding hydrogens is 274 g/mol. The van der Waals surface area contributed by atoms with E-state index in [4.69, 9.17) is 4.74 Å². The Morgan fingerprint density at radius 1 is 1.09 bits per heavy atom. The number of carbonyl (C=O) groups is 1. The van der Waals surface area contributed by atoms with E-state index < -0.39 is 5.41 Å². The molecule has 116 valence electrons. The highest BCUT2D eigenvalue weighted by atomic mass is 16.5. The van der Waals surface area contributed by atoms with Crippen LogP contribution in [0.25, 0.3) is 11.1 Å². The van der Waals surface area contributed by atoms with Crippen LogP contribution in [0.15, 0.2) is 48.7 Å². The van der Waals surface area contributed by atoms with Gasteiger partial charge in [0.1, 0.15) is 0 Å². The van der Waals surface area contributed by atoms with Gasteiger partial charge in [-0.25, -0.2) is 0 Å². The second kappa shape index (κ2) is 7.21. The van der Waals surface area contributed by atoms with Gasteiger partial charge in [-0.15, -0.1) is 0 Å². The first kappa shape index (κ1) is 16.2. The van der Waals surface area contributed by atoms with E-state index in [-0.39, 0.29) is 5.97 Å². The predicted octanol–water partition coefficient (Wildman–Crippen LogP) is 4.27. The third-order valence-electron chi connectivity index (χ3n) is 3.35. The zero-order chi connectivity index (χ0) is 16.0. The van der Waals surface area contributed by atoms with E-state index in [2.05, 4.69) is 23.2 Å². The SMILES string of the molecule is CC(C)(C)C(=O)OCCCc1cc(-c2ccccc2)ccn1. The number of hydrogen-bond donors (Lipinski definition) is 0. The van der Waals surface area contributed by atoms with Crippen LogP contribution in [0.3, 0.4) is 0 Å². The fourth-order valence-electron chi connectivity index (χ4n) is 2.06. The number of esters is 1. The van der Waals surface area contributed by atoms with Crippen molar-refractivity contribution < 1.29 is 9.53 Å². The van der Waals surface area contributed by atoms with Crippen molar-refractivity contribution in [2.45, 2.75) is 33.6 Å². The predicted molar refractivity (Wildman–Crippen MR) is 88.4 cm³/mol. The van der Waals surface area contributed by atoms with Crippen LogP contribution in [0.1, 0.15) is 32.9 Å². The monoisotopic (exact) mass is 297 g/mol. The third kappa shape index (κ3) is 4.69. The highest BCUT2D eigenvalue weighted by Crippen LogP contribution is 2.19. The molecule has 0 amide bonds. The van der Waals surface area contributed by atoms with Crippen LogP contribution in [-0.4, -0.2) is 17.6 Å². The first-order valence-electron chi connectivity index (χ1n) is 7.64. The fraction of sp³-hybridized carbons (Fsp3) is 0.368. The molecule has 0 unspecified atom stereocenters. The normalized spacial score (nSPS) is 11.2. The number of carbonyl (C=O) groups excluding carboxylic acids is 1.